The second-order valence-corrected chi connectivity index (χ2v) is 8.65. The number of H-pyrrole nitrogens is 1. The molecule has 2 N–H and O–H groups in total. The Morgan fingerprint density at radius 1 is 1.12 bits per heavy atom. The maximum Gasteiger partial charge on any atom is 0.253 e. The zero-order valence-corrected chi connectivity index (χ0v) is 19.4. The predicted octanol–water partition coefficient (Wildman–Crippen LogP) is 5.59. The molecule has 0 saturated carbocycles. The molecule has 2 heterocycles. The molecule has 0 saturated heterocycles. The van der Waals surface area contributed by atoms with Gasteiger partial charge in [0, 0.05) is 46.1 Å². The van der Waals surface area contributed by atoms with Crippen LogP contribution in [0.15, 0.2) is 71.8 Å². The van der Waals surface area contributed by atoms with E-state index in [9.17, 15) is 4.79 Å². The van der Waals surface area contributed by atoms with Crippen LogP contribution in [-0.2, 0) is 13.1 Å². The van der Waals surface area contributed by atoms with Gasteiger partial charge >= 0.3 is 0 Å². The Hall–Kier alpha value is -3.22. The van der Waals surface area contributed by atoms with Crippen molar-refractivity contribution < 1.29 is 0 Å². The first-order valence-corrected chi connectivity index (χ1v) is 11.0. The summed E-state index contributed by atoms with van der Waals surface area (Å²) in [5.74, 6) is 0. The van der Waals surface area contributed by atoms with Crippen molar-refractivity contribution in [2.24, 2.45) is 0 Å². The van der Waals surface area contributed by atoms with E-state index in [1.165, 1.54) is 0 Å². The van der Waals surface area contributed by atoms with E-state index in [-0.39, 0.29) is 5.56 Å². The number of rotatable bonds is 5. The lowest BCUT2D eigenvalue weighted by atomic mass is 10.0. The van der Waals surface area contributed by atoms with E-state index in [1.807, 2.05) is 60.4 Å². The van der Waals surface area contributed by atoms with Crippen LogP contribution in [0, 0.1) is 13.8 Å². The average molecular weight is 463 g/mol. The molecule has 0 spiro atoms. The Morgan fingerprint density at radius 3 is 2.72 bits per heavy atom. The number of aromatic nitrogens is 2. The summed E-state index contributed by atoms with van der Waals surface area (Å²) in [6, 6.07) is 17.3. The fourth-order valence-corrected chi connectivity index (χ4v) is 4.16. The van der Waals surface area contributed by atoms with E-state index >= 15 is 0 Å². The topological polar surface area (TPSA) is 61.0 Å². The van der Waals surface area contributed by atoms with Gasteiger partial charge in [-0.2, -0.15) is 0 Å². The number of fused-ring (bicyclic) bond motifs is 1. The standard InChI is InChI=1S/C25H23ClN4OS/c1-16-9-17(2)22-11-19(24(31)29-23(22)10-16)15-30(14-18-5-4-8-27-13-18)25(32)28-21-7-3-6-20(26)12-21/h3-13H,14-15H2,1-2H3,(H,28,32)(H,29,31). The minimum absolute atomic E-state index is 0.121. The summed E-state index contributed by atoms with van der Waals surface area (Å²) in [5, 5.41) is 5.38. The van der Waals surface area contributed by atoms with Crippen LogP contribution >= 0.6 is 23.8 Å². The van der Waals surface area contributed by atoms with E-state index < -0.39 is 0 Å². The molecule has 4 rings (SSSR count). The summed E-state index contributed by atoms with van der Waals surface area (Å²) in [6.07, 6.45) is 3.53. The van der Waals surface area contributed by atoms with Crippen molar-refractivity contribution in [2.75, 3.05) is 5.32 Å². The minimum Gasteiger partial charge on any atom is -0.340 e. The SMILES string of the molecule is Cc1cc(C)c2cc(CN(Cc3cccnc3)C(=S)Nc3cccc(Cl)c3)c(=O)[nH]c2c1. The second kappa shape index (κ2) is 9.51. The average Bonchev–Trinajstić information content (AvgIpc) is 2.74. The first kappa shape index (κ1) is 22.0. The lowest BCUT2D eigenvalue weighted by Gasteiger charge is -2.26. The van der Waals surface area contributed by atoms with Crippen LogP contribution in [0.5, 0.6) is 0 Å². The van der Waals surface area contributed by atoms with Gasteiger partial charge in [0.1, 0.15) is 0 Å². The molecule has 2 aromatic heterocycles. The normalized spacial score (nSPS) is 10.8. The van der Waals surface area contributed by atoms with Gasteiger partial charge in [-0.25, -0.2) is 0 Å². The fraction of sp³-hybridized carbons (Fsp3) is 0.160. The van der Waals surface area contributed by atoms with E-state index in [4.69, 9.17) is 23.8 Å². The Kier molecular flexibility index (Phi) is 6.53. The molecule has 0 aliphatic heterocycles. The molecule has 0 atom stereocenters. The molecular formula is C25H23ClN4OS. The smallest absolute Gasteiger partial charge is 0.253 e. The van der Waals surface area contributed by atoms with Gasteiger partial charge in [-0.15, -0.1) is 0 Å². The highest BCUT2D eigenvalue weighted by Gasteiger charge is 2.15. The van der Waals surface area contributed by atoms with Crippen LogP contribution < -0.4 is 10.9 Å². The van der Waals surface area contributed by atoms with E-state index in [0.717, 1.165) is 33.3 Å². The summed E-state index contributed by atoms with van der Waals surface area (Å²) in [5.41, 5.74) is 5.38. The van der Waals surface area contributed by atoms with Crippen molar-refractivity contribution in [3.63, 3.8) is 0 Å². The number of aryl methyl sites for hydroxylation is 2. The zero-order chi connectivity index (χ0) is 22.7. The maximum atomic E-state index is 12.9. The van der Waals surface area contributed by atoms with Gasteiger partial charge in [0.2, 0.25) is 0 Å². The number of anilines is 1. The molecule has 0 aliphatic carbocycles. The summed E-state index contributed by atoms with van der Waals surface area (Å²) in [7, 11) is 0. The molecule has 4 aromatic rings. The summed E-state index contributed by atoms with van der Waals surface area (Å²) in [6.45, 7) is 4.93. The number of nitrogens with zero attached hydrogens (tertiary/aromatic N) is 2. The van der Waals surface area contributed by atoms with Crippen LogP contribution in [0.3, 0.4) is 0 Å². The molecule has 0 bridgehead atoms. The second-order valence-electron chi connectivity index (χ2n) is 7.82. The van der Waals surface area contributed by atoms with Crippen LogP contribution in [-0.4, -0.2) is 20.0 Å². The molecule has 0 fully saturated rings. The van der Waals surface area contributed by atoms with Crippen molar-refractivity contribution in [3.05, 3.63) is 105 Å². The number of nitrogens with one attached hydrogen (secondary N) is 2. The molecule has 0 unspecified atom stereocenters. The maximum absolute atomic E-state index is 12.9. The number of benzene rings is 2. The molecule has 0 aliphatic rings. The van der Waals surface area contributed by atoms with Crippen molar-refractivity contribution in [2.45, 2.75) is 26.9 Å². The van der Waals surface area contributed by atoms with E-state index in [1.54, 1.807) is 12.4 Å². The minimum atomic E-state index is -0.121. The molecular weight excluding hydrogens is 440 g/mol. The molecule has 5 nitrogen and oxygen atoms in total. The Labute approximate surface area is 197 Å². The van der Waals surface area contributed by atoms with Crippen molar-refractivity contribution in [1.82, 2.24) is 14.9 Å². The molecule has 7 heteroatoms. The van der Waals surface area contributed by atoms with Gasteiger partial charge in [0.15, 0.2) is 5.11 Å². The van der Waals surface area contributed by atoms with Gasteiger partial charge in [0.25, 0.3) is 5.56 Å². The molecule has 162 valence electrons. The fourth-order valence-electron chi connectivity index (χ4n) is 3.72. The quantitative estimate of drug-likeness (QED) is 0.378. The van der Waals surface area contributed by atoms with E-state index in [0.29, 0.717) is 28.8 Å². The third-order valence-electron chi connectivity index (χ3n) is 5.21. The zero-order valence-electron chi connectivity index (χ0n) is 17.9. The van der Waals surface area contributed by atoms with Crippen LogP contribution in [0.2, 0.25) is 5.02 Å². The molecule has 2 aromatic carbocycles. The Morgan fingerprint density at radius 2 is 1.97 bits per heavy atom. The predicted molar refractivity (Wildman–Crippen MR) is 135 cm³/mol. The van der Waals surface area contributed by atoms with Crippen molar-refractivity contribution in [3.8, 4) is 0 Å². The van der Waals surface area contributed by atoms with Crippen LogP contribution in [0.25, 0.3) is 10.9 Å². The van der Waals surface area contributed by atoms with Gasteiger partial charge in [0.05, 0.1) is 6.54 Å². The summed E-state index contributed by atoms with van der Waals surface area (Å²) in [4.78, 5) is 22.1. The Bertz CT molecular complexity index is 1340. The number of hydrogen-bond acceptors (Lipinski definition) is 3. The van der Waals surface area contributed by atoms with Gasteiger partial charge in [-0.1, -0.05) is 29.8 Å². The van der Waals surface area contributed by atoms with Gasteiger partial charge in [-0.3, -0.25) is 9.78 Å². The summed E-state index contributed by atoms with van der Waals surface area (Å²) < 4.78 is 0. The van der Waals surface area contributed by atoms with Crippen LogP contribution in [0.1, 0.15) is 22.3 Å². The monoisotopic (exact) mass is 462 g/mol. The number of aromatic amines is 1. The summed E-state index contributed by atoms with van der Waals surface area (Å²) >= 11 is 11.8. The molecule has 0 radical (unpaired) electrons. The first-order valence-electron chi connectivity index (χ1n) is 10.2. The van der Waals surface area contributed by atoms with Gasteiger partial charge in [-0.05, 0) is 79.2 Å². The lowest BCUT2D eigenvalue weighted by molar-refractivity contribution is 0.410. The Balaban J connectivity index is 1.67. The highest BCUT2D eigenvalue weighted by Crippen LogP contribution is 2.20. The third-order valence-corrected chi connectivity index (χ3v) is 5.81. The van der Waals surface area contributed by atoms with E-state index in [2.05, 4.69) is 28.3 Å². The lowest BCUT2D eigenvalue weighted by Crippen LogP contribution is -2.35. The largest absolute Gasteiger partial charge is 0.340 e. The van der Waals surface area contributed by atoms with Crippen LogP contribution in [0.4, 0.5) is 5.69 Å². The number of pyridine rings is 2. The third kappa shape index (κ3) is 5.15. The number of halogens is 1. The number of thiocarbonyl (C=S) groups is 1. The molecule has 32 heavy (non-hydrogen) atoms. The first-order chi connectivity index (χ1) is 15.4. The molecule has 0 amide bonds. The highest BCUT2D eigenvalue weighted by atomic mass is 35.5. The highest BCUT2D eigenvalue weighted by molar-refractivity contribution is 7.80. The number of hydrogen-bond donors (Lipinski definition) is 2. The van der Waals surface area contributed by atoms with Crippen molar-refractivity contribution >= 4 is 45.5 Å². The van der Waals surface area contributed by atoms with Gasteiger partial charge < -0.3 is 15.2 Å². The van der Waals surface area contributed by atoms with Crippen molar-refractivity contribution in [1.29, 1.82) is 0 Å².